The molecule has 7 aromatic carbocycles. The Hall–Kier alpha value is -5.86. The predicted molar refractivity (Wildman–Crippen MR) is 236 cm³/mol. The molecule has 2 heteroatoms. The Bertz CT molecular complexity index is 2830. The molecule has 0 amide bonds. The summed E-state index contributed by atoms with van der Waals surface area (Å²) in [6.45, 7) is 4.94. The van der Waals surface area contributed by atoms with Gasteiger partial charge in [0.25, 0.3) is 0 Å². The fourth-order valence-corrected chi connectivity index (χ4v) is 12.8. The first-order chi connectivity index (χ1) is 28.0. The van der Waals surface area contributed by atoms with E-state index in [9.17, 15) is 0 Å². The third-order valence-electron chi connectivity index (χ3n) is 14.9. The number of para-hydroxylation sites is 3. The van der Waals surface area contributed by atoms with Gasteiger partial charge in [-0.1, -0.05) is 141 Å². The number of hydrogen-bond acceptors (Lipinski definition) is 2. The van der Waals surface area contributed by atoms with Crippen molar-refractivity contribution in [2.75, 3.05) is 4.90 Å². The van der Waals surface area contributed by atoms with Crippen LogP contribution >= 0.6 is 0 Å². The van der Waals surface area contributed by atoms with E-state index in [2.05, 4.69) is 183 Å². The maximum absolute atomic E-state index is 6.59. The van der Waals surface area contributed by atoms with Crippen LogP contribution in [0.15, 0.2) is 168 Å². The van der Waals surface area contributed by atoms with Gasteiger partial charge in [-0.05, 0) is 126 Å². The van der Waals surface area contributed by atoms with Gasteiger partial charge in [0.1, 0.15) is 11.2 Å². The fraction of sp³-hybridized carbons (Fsp3) is 0.236. The van der Waals surface area contributed by atoms with Crippen molar-refractivity contribution in [2.45, 2.75) is 56.8 Å². The molecule has 0 N–H and O–H groups in total. The van der Waals surface area contributed by atoms with Crippen molar-refractivity contribution >= 4 is 39.0 Å². The third kappa shape index (κ3) is 4.77. The zero-order valence-corrected chi connectivity index (χ0v) is 32.8. The zero-order valence-electron chi connectivity index (χ0n) is 32.8. The molecule has 1 aromatic heterocycles. The minimum atomic E-state index is -0.0949. The van der Waals surface area contributed by atoms with Gasteiger partial charge in [0.05, 0.1) is 5.69 Å². The summed E-state index contributed by atoms with van der Waals surface area (Å²) < 4.78 is 6.59. The summed E-state index contributed by atoms with van der Waals surface area (Å²) in [5, 5.41) is 2.31. The van der Waals surface area contributed by atoms with E-state index in [-0.39, 0.29) is 10.8 Å². The largest absolute Gasteiger partial charge is 0.455 e. The lowest BCUT2D eigenvalue weighted by atomic mass is 9.39. The molecule has 0 radical (unpaired) electrons. The zero-order chi connectivity index (χ0) is 37.9. The molecule has 4 bridgehead atoms. The molecule has 0 saturated heterocycles. The molecule has 2 nitrogen and oxygen atoms in total. The summed E-state index contributed by atoms with van der Waals surface area (Å²) in [5.74, 6) is 3.13. The molecule has 4 fully saturated rings. The van der Waals surface area contributed by atoms with Crippen molar-refractivity contribution in [3.05, 3.63) is 186 Å². The first-order valence-electron chi connectivity index (χ1n) is 21.2. The molecule has 8 aromatic rings. The molecule has 4 saturated carbocycles. The molecule has 278 valence electrons. The summed E-state index contributed by atoms with van der Waals surface area (Å²) in [5.41, 5.74) is 16.3. The van der Waals surface area contributed by atoms with E-state index < -0.39 is 0 Å². The Balaban J connectivity index is 1.10. The van der Waals surface area contributed by atoms with Crippen molar-refractivity contribution in [3.63, 3.8) is 0 Å². The highest BCUT2D eigenvalue weighted by Crippen LogP contribution is 2.69. The third-order valence-corrected chi connectivity index (χ3v) is 14.9. The molecular formula is C55H47NO. The van der Waals surface area contributed by atoms with Gasteiger partial charge >= 0.3 is 0 Å². The minimum Gasteiger partial charge on any atom is -0.455 e. The van der Waals surface area contributed by atoms with Gasteiger partial charge < -0.3 is 9.32 Å². The van der Waals surface area contributed by atoms with Gasteiger partial charge in [0.2, 0.25) is 0 Å². The number of rotatable bonds is 5. The van der Waals surface area contributed by atoms with Gasteiger partial charge in [-0.2, -0.15) is 0 Å². The van der Waals surface area contributed by atoms with E-state index >= 15 is 0 Å². The Morgan fingerprint density at radius 3 is 1.91 bits per heavy atom. The molecule has 57 heavy (non-hydrogen) atoms. The number of anilines is 3. The molecule has 1 heterocycles. The summed E-state index contributed by atoms with van der Waals surface area (Å²) >= 11 is 0. The monoisotopic (exact) mass is 737 g/mol. The number of fused-ring (bicyclic) bond motifs is 5. The molecule has 0 aliphatic heterocycles. The van der Waals surface area contributed by atoms with Crippen LogP contribution in [-0.4, -0.2) is 0 Å². The van der Waals surface area contributed by atoms with Crippen LogP contribution in [0.5, 0.6) is 0 Å². The highest BCUT2D eigenvalue weighted by Gasteiger charge is 2.62. The molecule has 1 spiro atoms. The first-order valence-corrected chi connectivity index (χ1v) is 21.2. The maximum Gasteiger partial charge on any atom is 0.143 e. The standard InChI is InChI=1S/C55H47NO/c1-54(2)47-22-8-9-23-49(47)55(39-29-35-28-36(31-39)32-40(55)30-35)50-34-42(26-27-48(50)54)56(51-24-10-6-18-43(51)37-14-4-3-5-15-37)41-17-12-16-38(33-41)44-20-13-21-46-45-19-7-11-25-52(45)57-53(44)46/h3-27,33-36,39-40H,28-32H2,1-2H3. The highest BCUT2D eigenvalue weighted by molar-refractivity contribution is 6.09. The van der Waals surface area contributed by atoms with E-state index in [1.807, 2.05) is 0 Å². The quantitative estimate of drug-likeness (QED) is 0.175. The van der Waals surface area contributed by atoms with Gasteiger partial charge in [-0.3, -0.25) is 0 Å². The molecule has 0 unspecified atom stereocenters. The van der Waals surface area contributed by atoms with Crippen LogP contribution in [0.1, 0.15) is 68.2 Å². The van der Waals surface area contributed by atoms with Crippen molar-refractivity contribution < 1.29 is 4.42 Å². The number of furan rings is 1. The van der Waals surface area contributed by atoms with Crippen LogP contribution < -0.4 is 4.90 Å². The lowest BCUT2D eigenvalue weighted by molar-refractivity contribution is -0.0443. The Morgan fingerprint density at radius 2 is 1.09 bits per heavy atom. The average Bonchev–Trinajstić information content (AvgIpc) is 3.63. The fourth-order valence-electron chi connectivity index (χ4n) is 12.8. The lowest BCUT2D eigenvalue weighted by Crippen LogP contribution is -2.58. The van der Waals surface area contributed by atoms with E-state index in [1.54, 1.807) is 11.1 Å². The number of nitrogens with zero attached hydrogens (tertiary/aromatic N) is 1. The Kier molecular flexibility index (Phi) is 7.20. The van der Waals surface area contributed by atoms with Crippen LogP contribution in [0.2, 0.25) is 0 Å². The highest BCUT2D eigenvalue weighted by atomic mass is 16.3. The summed E-state index contributed by atoms with van der Waals surface area (Å²) in [7, 11) is 0. The summed E-state index contributed by atoms with van der Waals surface area (Å²) in [6.07, 6.45) is 6.90. The van der Waals surface area contributed by atoms with Gasteiger partial charge in [0, 0.05) is 44.1 Å². The van der Waals surface area contributed by atoms with Crippen molar-refractivity contribution in [2.24, 2.45) is 23.7 Å². The molecule has 0 atom stereocenters. The van der Waals surface area contributed by atoms with Crippen LogP contribution in [0, 0.1) is 23.7 Å². The molecular weight excluding hydrogens is 691 g/mol. The second-order valence-corrected chi connectivity index (χ2v) is 18.1. The topological polar surface area (TPSA) is 16.4 Å². The Morgan fingerprint density at radius 1 is 0.474 bits per heavy atom. The van der Waals surface area contributed by atoms with Crippen molar-refractivity contribution in [3.8, 4) is 22.3 Å². The maximum atomic E-state index is 6.59. The normalized spacial score (nSPS) is 23.8. The van der Waals surface area contributed by atoms with Crippen molar-refractivity contribution in [1.82, 2.24) is 0 Å². The smallest absolute Gasteiger partial charge is 0.143 e. The first kappa shape index (κ1) is 33.3. The van der Waals surface area contributed by atoms with E-state index in [0.29, 0.717) is 11.8 Å². The average molecular weight is 738 g/mol. The number of benzene rings is 7. The van der Waals surface area contributed by atoms with Crippen molar-refractivity contribution in [1.29, 1.82) is 0 Å². The van der Waals surface area contributed by atoms with Crippen LogP contribution in [0.25, 0.3) is 44.2 Å². The minimum absolute atomic E-state index is 0.0360. The van der Waals surface area contributed by atoms with Crippen LogP contribution in [0.4, 0.5) is 17.1 Å². The summed E-state index contributed by atoms with van der Waals surface area (Å²) in [6, 6.07) is 61.1. The van der Waals surface area contributed by atoms with E-state index in [0.717, 1.165) is 50.6 Å². The van der Waals surface area contributed by atoms with Crippen LogP contribution in [-0.2, 0) is 10.8 Å². The second kappa shape index (κ2) is 12.3. The molecule has 5 aliphatic carbocycles. The van der Waals surface area contributed by atoms with Gasteiger partial charge in [-0.15, -0.1) is 0 Å². The number of hydrogen-bond donors (Lipinski definition) is 0. The van der Waals surface area contributed by atoms with Crippen LogP contribution in [0.3, 0.4) is 0 Å². The van der Waals surface area contributed by atoms with E-state index in [4.69, 9.17) is 4.42 Å². The molecule has 5 aliphatic rings. The SMILES string of the molecule is CC1(C)c2ccccc2C2(c3cc(N(c4cccc(-c5cccc6c5oc5ccccc56)c4)c4ccccc4-c4ccccc4)ccc31)C1CC3CC(C1)CC2C3. The molecule has 13 rings (SSSR count). The second-order valence-electron chi connectivity index (χ2n) is 18.1. The van der Waals surface area contributed by atoms with Gasteiger partial charge in [0.15, 0.2) is 0 Å². The summed E-state index contributed by atoms with van der Waals surface area (Å²) in [4.78, 5) is 2.54. The predicted octanol–water partition coefficient (Wildman–Crippen LogP) is 14.8. The lowest BCUT2D eigenvalue weighted by Gasteiger charge is -2.64. The van der Waals surface area contributed by atoms with Gasteiger partial charge in [-0.25, -0.2) is 0 Å². The Labute approximate surface area is 335 Å². The van der Waals surface area contributed by atoms with E-state index in [1.165, 1.54) is 65.7 Å².